The summed E-state index contributed by atoms with van der Waals surface area (Å²) in [6, 6.07) is 5.31. The van der Waals surface area contributed by atoms with Crippen molar-refractivity contribution in [3.8, 4) is 0 Å². The van der Waals surface area contributed by atoms with Crippen molar-refractivity contribution in [3.05, 3.63) is 52.4 Å². The van der Waals surface area contributed by atoms with Crippen molar-refractivity contribution >= 4 is 46.7 Å². The molecule has 1 unspecified atom stereocenters. The van der Waals surface area contributed by atoms with Crippen LogP contribution in [0.4, 0.5) is 5.82 Å². The minimum atomic E-state index is -0.277. The Morgan fingerprint density at radius 3 is 2.65 bits per heavy atom. The van der Waals surface area contributed by atoms with Gasteiger partial charge in [0.25, 0.3) is 0 Å². The van der Waals surface area contributed by atoms with Gasteiger partial charge in [0.05, 0.1) is 11.9 Å². The van der Waals surface area contributed by atoms with Crippen molar-refractivity contribution in [2.45, 2.75) is 5.37 Å². The Balaban J connectivity index is 2.07. The second kappa shape index (κ2) is 5.60. The smallest absolute Gasteiger partial charge is 0.239 e. The maximum atomic E-state index is 12.1. The van der Waals surface area contributed by atoms with Gasteiger partial charge in [0.1, 0.15) is 5.37 Å². The highest BCUT2D eigenvalue weighted by Crippen LogP contribution is 2.45. The number of aromatic nitrogens is 2. The Hall–Kier alpha value is -1.30. The number of anilines is 1. The van der Waals surface area contributed by atoms with E-state index in [2.05, 4.69) is 9.97 Å². The van der Waals surface area contributed by atoms with E-state index in [1.54, 1.807) is 41.7 Å². The highest BCUT2D eigenvalue weighted by molar-refractivity contribution is 8.00. The first-order valence-electron chi connectivity index (χ1n) is 5.82. The zero-order chi connectivity index (χ0) is 14.1. The molecule has 1 saturated heterocycles. The average Bonchev–Trinajstić information content (AvgIpc) is 2.81. The normalized spacial score (nSPS) is 18.6. The molecule has 1 aromatic carbocycles. The summed E-state index contributed by atoms with van der Waals surface area (Å²) in [7, 11) is 0. The summed E-state index contributed by atoms with van der Waals surface area (Å²) >= 11 is 14.0. The molecule has 0 spiro atoms. The first-order chi connectivity index (χ1) is 9.68. The molecule has 1 amide bonds. The first-order valence-corrected chi connectivity index (χ1v) is 7.62. The molecule has 0 bridgehead atoms. The lowest BCUT2D eigenvalue weighted by molar-refractivity contribution is -0.115. The van der Waals surface area contributed by atoms with Gasteiger partial charge in [-0.05, 0) is 12.1 Å². The minimum absolute atomic E-state index is 0.0310. The maximum Gasteiger partial charge on any atom is 0.239 e. The molecule has 1 atom stereocenters. The number of carbonyl (C=O) groups excluding carboxylic acids is 1. The van der Waals surface area contributed by atoms with Crippen LogP contribution in [0.15, 0.2) is 36.8 Å². The predicted molar refractivity (Wildman–Crippen MR) is 81.2 cm³/mol. The molecule has 1 aliphatic heterocycles. The van der Waals surface area contributed by atoms with Gasteiger partial charge >= 0.3 is 0 Å². The van der Waals surface area contributed by atoms with Crippen LogP contribution in [0.2, 0.25) is 10.0 Å². The number of hydrogen-bond donors (Lipinski definition) is 0. The van der Waals surface area contributed by atoms with Gasteiger partial charge < -0.3 is 0 Å². The third kappa shape index (κ3) is 2.37. The van der Waals surface area contributed by atoms with E-state index in [0.717, 1.165) is 5.56 Å². The Morgan fingerprint density at radius 2 is 2.00 bits per heavy atom. The molecule has 2 heterocycles. The molecule has 20 heavy (non-hydrogen) atoms. The van der Waals surface area contributed by atoms with E-state index < -0.39 is 0 Å². The highest BCUT2D eigenvalue weighted by atomic mass is 35.5. The van der Waals surface area contributed by atoms with E-state index in [9.17, 15) is 4.79 Å². The molecule has 0 N–H and O–H groups in total. The van der Waals surface area contributed by atoms with Crippen LogP contribution in [0.25, 0.3) is 0 Å². The molecule has 0 aliphatic carbocycles. The summed E-state index contributed by atoms with van der Waals surface area (Å²) in [5, 5.41) is 0.803. The average molecular weight is 326 g/mol. The van der Waals surface area contributed by atoms with Crippen molar-refractivity contribution in [1.29, 1.82) is 0 Å². The van der Waals surface area contributed by atoms with Crippen molar-refractivity contribution in [3.63, 3.8) is 0 Å². The largest absolute Gasteiger partial charge is 0.278 e. The maximum absolute atomic E-state index is 12.1. The molecule has 7 heteroatoms. The second-order valence-corrected chi connectivity index (χ2v) is 6.01. The predicted octanol–water partition coefficient (Wildman–Crippen LogP) is 3.56. The standard InChI is InChI=1S/C13H9Cl2N3OS/c14-8-2-1-3-9(15)12(8)13-18(11(19)7-20-13)10-6-16-4-5-17-10/h1-6,13H,7H2. The summed E-state index contributed by atoms with van der Waals surface area (Å²) in [6.07, 6.45) is 4.67. The molecule has 102 valence electrons. The topological polar surface area (TPSA) is 46.1 Å². The molecule has 0 radical (unpaired) electrons. The number of thioether (sulfide) groups is 1. The Bertz CT molecular complexity index is 633. The lowest BCUT2D eigenvalue weighted by Gasteiger charge is -2.24. The van der Waals surface area contributed by atoms with Gasteiger partial charge in [0.15, 0.2) is 5.82 Å². The molecule has 2 aromatic rings. The molecule has 0 saturated carbocycles. The number of amides is 1. The van der Waals surface area contributed by atoms with E-state index in [4.69, 9.17) is 23.2 Å². The molecule has 4 nitrogen and oxygen atoms in total. The van der Waals surface area contributed by atoms with Crippen molar-refractivity contribution in [2.24, 2.45) is 0 Å². The zero-order valence-electron chi connectivity index (χ0n) is 10.2. The fraction of sp³-hybridized carbons (Fsp3) is 0.154. The van der Waals surface area contributed by atoms with Gasteiger partial charge in [-0.2, -0.15) is 0 Å². The Morgan fingerprint density at radius 1 is 1.25 bits per heavy atom. The van der Waals surface area contributed by atoms with E-state index in [0.29, 0.717) is 21.6 Å². The number of benzene rings is 1. The van der Waals surface area contributed by atoms with Crippen LogP contribution in [0.1, 0.15) is 10.9 Å². The zero-order valence-corrected chi connectivity index (χ0v) is 12.5. The van der Waals surface area contributed by atoms with Crippen LogP contribution in [0, 0.1) is 0 Å². The number of carbonyl (C=O) groups is 1. The van der Waals surface area contributed by atoms with Gasteiger partial charge in [0, 0.05) is 28.0 Å². The third-order valence-corrected chi connectivity index (χ3v) is 4.75. The summed E-state index contributed by atoms with van der Waals surface area (Å²) in [5.74, 6) is 0.836. The first kappa shape index (κ1) is 13.7. The molecule has 1 aromatic heterocycles. The fourth-order valence-corrected chi connectivity index (χ4v) is 4.02. The van der Waals surface area contributed by atoms with Crippen LogP contribution >= 0.6 is 35.0 Å². The second-order valence-electron chi connectivity index (χ2n) is 4.13. The van der Waals surface area contributed by atoms with Crippen LogP contribution in [0.5, 0.6) is 0 Å². The van der Waals surface area contributed by atoms with E-state index in [1.165, 1.54) is 11.8 Å². The minimum Gasteiger partial charge on any atom is -0.278 e. The Kier molecular flexibility index (Phi) is 3.83. The van der Waals surface area contributed by atoms with E-state index >= 15 is 0 Å². The molecule has 1 aliphatic rings. The summed E-state index contributed by atoms with van der Waals surface area (Å²) in [6.45, 7) is 0. The summed E-state index contributed by atoms with van der Waals surface area (Å²) in [5.41, 5.74) is 0.734. The monoisotopic (exact) mass is 325 g/mol. The van der Waals surface area contributed by atoms with E-state index in [-0.39, 0.29) is 11.3 Å². The Labute approximate surface area is 130 Å². The lowest BCUT2D eigenvalue weighted by atomic mass is 10.2. The van der Waals surface area contributed by atoms with Gasteiger partial charge in [-0.15, -0.1) is 11.8 Å². The van der Waals surface area contributed by atoms with Gasteiger partial charge in [-0.3, -0.25) is 14.7 Å². The molecular formula is C13H9Cl2N3OS. The van der Waals surface area contributed by atoms with Gasteiger partial charge in [-0.25, -0.2) is 4.98 Å². The van der Waals surface area contributed by atoms with Gasteiger partial charge in [-0.1, -0.05) is 29.3 Å². The van der Waals surface area contributed by atoms with E-state index in [1.807, 2.05) is 0 Å². The third-order valence-electron chi connectivity index (χ3n) is 2.91. The summed E-state index contributed by atoms with van der Waals surface area (Å²) < 4.78 is 0. The molecular weight excluding hydrogens is 317 g/mol. The number of halogens is 2. The number of hydrogen-bond acceptors (Lipinski definition) is 4. The quantitative estimate of drug-likeness (QED) is 0.846. The van der Waals surface area contributed by atoms with Crippen LogP contribution in [-0.4, -0.2) is 21.6 Å². The van der Waals surface area contributed by atoms with Crippen molar-refractivity contribution < 1.29 is 4.79 Å². The summed E-state index contributed by atoms with van der Waals surface area (Å²) in [4.78, 5) is 21.9. The SMILES string of the molecule is O=C1CSC(c2c(Cl)cccc2Cl)N1c1cnccn1. The van der Waals surface area contributed by atoms with Crippen LogP contribution in [-0.2, 0) is 4.79 Å². The number of rotatable bonds is 2. The molecule has 3 rings (SSSR count). The van der Waals surface area contributed by atoms with Crippen molar-refractivity contribution in [1.82, 2.24) is 9.97 Å². The van der Waals surface area contributed by atoms with Gasteiger partial charge in [0.2, 0.25) is 5.91 Å². The van der Waals surface area contributed by atoms with Crippen LogP contribution in [0.3, 0.4) is 0 Å². The fourth-order valence-electron chi connectivity index (χ4n) is 2.05. The molecule has 1 fully saturated rings. The highest BCUT2D eigenvalue weighted by Gasteiger charge is 2.37. The van der Waals surface area contributed by atoms with Crippen LogP contribution < -0.4 is 4.90 Å². The van der Waals surface area contributed by atoms with Crippen molar-refractivity contribution in [2.75, 3.05) is 10.7 Å². The lowest BCUT2D eigenvalue weighted by Crippen LogP contribution is -2.29. The number of nitrogens with zero attached hydrogens (tertiary/aromatic N) is 3.